The number of nitrogens with zero attached hydrogens (tertiary/aromatic N) is 2. The van der Waals surface area contributed by atoms with Gasteiger partial charge in [0.05, 0.1) is 13.7 Å². The second-order valence-electron chi connectivity index (χ2n) is 8.13. The van der Waals surface area contributed by atoms with Crippen molar-refractivity contribution in [3.05, 3.63) is 88.0 Å². The third kappa shape index (κ3) is 5.94. The van der Waals surface area contributed by atoms with Gasteiger partial charge in [-0.1, -0.05) is 36.4 Å². The molecule has 0 N–H and O–H groups in total. The van der Waals surface area contributed by atoms with Crippen molar-refractivity contribution in [1.29, 1.82) is 0 Å². The number of ether oxygens (including phenoxy) is 1. The lowest BCUT2D eigenvalue weighted by molar-refractivity contribution is -0.123. The smallest absolute Gasteiger partial charge is 0.236 e. The van der Waals surface area contributed by atoms with Crippen LogP contribution in [-0.2, 0) is 21.4 Å². The Bertz CT molecular complexity index is 1200. The number of sulfonamides is 1. The van der Waals surface area contributed by atoms with Gasteiger partial charge < -0.3 is 9.64 Å². The van der Waals surface area contributed by atoms with Crippen molar-refractivity contribution in [3.63, 3.8) is 0 Å². The highest BCUT2D eigenvalue weighted by atomic mass is 32.2. The minimum Gasteiger partial charge on any atom is -0.497 e. The lowest BCUT2D eigenvalue weighted by Crippen LogP contribution is -2.43. The summed E-state index contributed by atoms with van der Waals surface area (Å²) in [6, 6.07) is 20.8. The number of carbonyl (C=O) groups excluding carboxylic acids is 1. The Morgan fingerprint density at radius 2 is 1.76 bits per heavy atom. The van der Waals surface area contributed by atoms with Crippen LogP contribution in [0, 0.1) is 5.92 Å². The van der Waals surface area contributed by atoms with Crippen LogP contribution in [0.3, 0.4) is 0 Å². The van der Waals surface area contributed by atoms with Gasteiger partial charge in [0.25, 0.3) is 0 Å². The molecule has 0 radical (unpaired) electrons. The highest BCUT2D eigenvalue weighted by Gasteiger charge is 2.33. The molecule has 0 atom stereocenters. The fourth-order valence-electron chi connectivity index (χ4n) is 4.01. The zero-order valence-corrected chi connectivity index (χ0v) is 20.7. The van der Waals surface area contributed by atoms with E-state index in [2.05, 4.69) is 0 Å². The van der Waals surface area contributed by atoms with Crippen molar-refractivity contribution in [3.8, 4) is 5.75 Å². The molecule has 1 fully saturated rings. The molecule has 8 heteroatoms. The first-order chi connectivity index (χ1) is 16.5. The Hall–Kier alpha value is -2.94. The maximum atomic E-state index is 13.6. The molecule has 178 valence electrons. The molecule has 0 aliphatic carbocycles. The molecule has 1 aromatic heterocycles. The average Bonchev–Trinajstić information content (AvgIpc) is 3.40. The molecule has 1 amide bonds. The van der Waals surface area contributed by atoms with Gasteiger partial charge in [-0.05, 0) is 60.2 Å². The number of piperidine rings is 1. The van der Waals surface area contributed by atoms with E-state index in [9.17, 15) is 13.2 Å². The molecule has 2 heterocycles. The Labute approximate surface area is 205 Å². The maximum Gasteiger partial charge on any atom is 0.236 e. The third-order valence-corrected chi connectivity index (χ3v) is 8.37. The number of benzene rings is 2. The van der Waals surface area contributed by atoms with Crippen LogP contribution < -0.4 is 9.64 Å². The summed E-state index contributed by atoms with van der Waals surface area (Å²) in [5.74, 6) is 0.524. The summed E-state index contributed by atoms with van der Waals surface area (Å²) in [6.45, 7) is 1.14. The quantitative estimate of drug-likeness (QED) is 0.440. The van der Waals surface area contributed by atoms with Crippen molar-refractivity contribution >= 4 is 39.0 Å². The summed E-state index contributed by atoms with van der Waals surface area (Å²) in [4.78, 5) is 16.5. The monoisotopic (exact) mass is 496 g/mol. The Balaban J connectivity index is 1.44. The number of hydrogen-bond donors (Lipinski definition) is 0. The average molecular weight is 497 g/mol. The second kappa shape index (κ2) is 11.0. The van der Waals surface area contributed by atoms with E-state index < -0.39 is 10.0 Å². The number of anilines is 1. The first kappa shape index (κ1) is 24.2. The molecule has 3 aromatic rings. The maximum absolute atomic E-state index is 13.6. The van der Waals surface area contributed by atoms with Gasteiger partial charge in [-0.25, -0.2) is 8.42 Å². The minimum atomic E-state index is -3.54. The second-order valence-corrected chi connectivity index (χ2v) is 11.0. The largest absolute Gasteiger partial charge is 0.497 e. The Kier molecular flexibility index (Phi) is 7.82. The van der Waals surface area contributed by atoms with Gasteiger partial charge in [0, 0.05) is 35.0 Å². The molecule has 4 rings (SSSR count). The zero-order valence-electron chi connectivity index (χ0n) is 19.0. The summed E-state index contributed by atoms with van der Waals surface area (Å²) < 4.78 is 32.3. The standard InChI is InChI=1S/C26H28N2O4S2/c1-32-24-11-9-23(10-12-24)28(20-25-8-5-18-33-25)26(29)22-13-16-27(17-14-22)34(30,31)19-15-21-6-3-2-4-7-21/h2-12,15,18-19,22H,13-14,16-17,20H2,1H3/b19-15+. The predicted octanol–water partition coefficient (Wildman–Crippen LogP) is 5.00. The van der Waals surface area contributed by atoms with E-state index in [1.165, 1.54) is 9.71 Å². The van der Waals surface area contributed by atoms with Crippen molar-refractivity contribution in [2.45, 2.75) is 19.4 Å². The number of carbonyl (C=O) groups is 1. The van der Waals surface area contributed by atoms with Gasteiger partial charge in [0.15, 0.2) is 0 Å². The molecule has 0 bridgehead atoms. The van der Waals surface area contributed by atoms with Gasteiger partial charge in [-0.2, -0.15) is 4.31 Å². The molecule has 2 aromatic carbocycles. The SMILES string of the molecule is COc1ccc(N(Cc2cccs2)C(=O)C2CCN(S(=O)(=O)/C=C/c3ccccc3)CC2)cc1. The summed E-state index contributed by atoms with van der Waals surface area (Å²) in [5.41, 5.74) is 1.64. The van der Waals surface area contributed by atoms with E-state index in [0.29, 0.717) is 32.5 Å². The molecule has 34 heavy (non-hydrogen) atoms. The summed E-state index contributed by atoms with van der Waals surface area (Å²) in [6.07, 6.45) is 2.60. The molecule has 0 unspecified atom stereocenters. The fourth-order valence-corrected chi connectivity index (χ4v) is 5.92. The van der Waals surface area contributed by atoms with E-state index in [0.717, 1.165) is 21.9 Å². The number of thiophene rings is 1. The van der Waals surface area contributed by atoms with Crippen LogP contribution in [0.25, 0.3) is 6.08 Å². The van der Waals surface area contributed by atoms with Gasteiger partial charge in [0.2, 0.25) is 15.9 Å². The van der Waals surface area contributed by atoms with Gasteiger partial charge in [-0.3, -0.25) is 4.79 Å². The van der Waals surface area contributed by atoms with E-state index in [1.54, 1.807) is 29.4 Å². The van der Waals surface area contributed by atoms with Crippen LogP contribution >= 0.6 is 11.3 Å². The van der Waals surface area contributed by atoms with E-state index in [1.807, 2.05) is 72.1 Å². The van der Waals surface area contributed by atoms with Crippen molar-refractivity contribution in [2.75, 3.05) is 25.1 Å². The zero-order chi connectivity index (χ0) is 24.0. The molecular weight excluding hydrogens is 468 g/mol. The lowest BCUT2D eigenvalue weighted by atomic mass is 9.96. The van der Waals surface area contributed by atoms with Crippen molar-refractivity contribution in [1.82, 2.24) is 4.31 Å². The van der Waals surface area contributed by atoms with Gasteiger partial charge in [0.1, 0.15) is 5.75 Å². The van der Waals surface area contributed by atoms with Crippen LogP contribution in [0.4, 0.5) is 5.69 Å². The third-order valence-electron chi connectivity index (χ3n) is 5.94. The normalized spacial score (nSPS) is 15.4. The van der Waals surface area contributed by atoms with Gasteiger partial charge in [-0.15, -0.1) is 11.3 Å². The number of hydrogen-bond acceptors (Lipinski definition) is 5. The van der Waals surface area contributed by atoms with Gasteiger partial charge >= 0.3 is 0 Å². The fraction of sp³-hybridized carbons (Fsp3) is 0.269. The topological polar surface area (TPSA) is 66.9 Å². The van der Waals surface area contributed by atoms with E-state index in [-0.39, 0.29) is 11.8 Å². The predicted molar refractivity (Wildman–Crippen MR) is 137 cm³/mol. The Morgan fingerprint density at radius 3 is 2.38 bits per heavy atom. The van der Waals surface area contributed by atoms with Crippen LogP contribution in [0.2, 0.25) is 0 Å². The first-order valence-electron chi connectivity index (χ1n) is 11.2. The molecule has 0 spiro atoms. The highest BCUT2D eigenvalue weighted by Crippen LogP contribution is 2.28. The van der Waals surface area contributed by atoms with E-state index >= 15 is 0 Å². The van der Waals surface area contributed by atoms with Crippen LogP contribution in [0.1, 0.15) is 23.3 Å². The number of rotatable bonds is 8. The summed E-state index contributed by atoms with van der Waals surface area (Å²) in [5, 5.41) is 3.25. The molecule has 6 nitrogen and oxygen atoms in total. The molecule has 1 aliphatic rings. The summed E-state index contributed by atoms with van der Waals surface area (Å²) in [7, 11) is -1.92. The van der Waals surface area contributed by atoms with Crippen LogP contribution in [-0.4, -0.2) is 38.8 Å². The van der Waals surface area contributed by atoms with Crippen LogP contribution in [0.15, 0.2) is 77.5 Å². The summed E-state index contributed by atoms with van der Waals surface area (Å²) >= 11 is 1.61. The molecular formula is C26H28N2O4S2. The van der Waals surface area contributed by atoms with Crippen LogP contribution in [0.5, 0.6) is 5.75 Å². The first-order valence-corrected chi connectivity index (χ1v) is 13.6. The molecule has 1 saturated heterocycles. The minimum absolute atomic E-state index is 0.0236. The van der Waals surface area contributed by atoms with E-state index in [4.69, 9.17) is 4.74 Å². The number of methoxy groups -OCH3 is 1. The molecule has 1 aliphatic heterocycles. The highest BCUT2D eigenvalue weighted by molar-refractivity contribution is 7.92. The van der Waals surface area contributed by atoms with Crippen molar-refractivity contribution in [2.24, 2.45) is 5.92 Å². The Morgan fingerprint density at radius 1 is 1.06 bits per heavy atom. The molecule has 0 saturated carbocycles. The number of amides is 1. The lowest BCUT2D eigenvalue weighted by Gasteiger charge is -2.33. The van der Waals surface area contributed by atoms with Crippen molar-refractivity contribution < 1.29 is 17.9 Å².